The van der Waals surface area contributed by atoms with Gasteiger partial charge in [0.15, 0.2) is 0 Å². The Morgan fingerprint density at radius 3 is 2.86 bits per heavy atom. The number of sulfone groups is 1. The molecule has 0 unspecified atom stereocenters. The molecule has 5 nitrogen and oxygen atoms in total. The van der Waals surface area contributed by atoms with Crippen LogP contribution in [0, 0.1) is 0 Å². The van der Waals surface area contributed by atoms with Gasteiger partial charge in [0, 0.05) is 6.54 Å². The van der Waals surface area contributed by atoms with Crippen LogP contribution < -0.4 is 5.32 Å². The predicted octanol–water partition coefficient (Wildman–Crippen LogP) is 0.930. The van der Waals surface area contributed by atoms with Crippen LogP contribution in [0.1, 0.15) is 6.92 Å². The van der Waals surface area contributed by atoms with Crippen molar-refractivity contribution in [2.24, 2.45) is 0 Å². The lowest BCUT2D eigenvalue weighted by Crippen LogP contribution is -2.03. The van der Waals surface area contributed by atoms with Crippen molar-refractivity contribution in [1.82, 2.24) is 10.2 Å². The van der Waals surface area contributed by atoms with Crippen LogP contribution in [0.15, 0.2) is 17.0 Å². The van der Waals surface area contributed by atoms with Gasteiger partial charge in [-0.1, -0.05) is 17.4 Å². The first kappa shape index (κ1) is 11.1. The molecule has 1 aromatic heterocycles. The number of hydrogen-bond donors (Lipinski definition) is 1. The summed E-state index contributed by atoms with van der Waals surface area (Å²) in [6, 6.07) is 0. The Kier molecular flexibility index (Phi) is 3.59. The van der Waals surface area contributed by atoms with Crippen LogP contribution in [-0.2, 0) is 9.84 Å². The molecular formula is C7H11N3O2S2. The van der Waals surface area contributed by atoms with E-state index < -0.39 is 9.84 Å². The maximum Gasteiger partial charge on any atom is 0.234 e. The summed E-state index contributed by atoms with van der Waals surface area (Å²) in [5.74, 6) is -0.103. The Bertz CT molecular complexity index is 410. The van der Waals surface area contributed by atoms with Crippen LogP contribution in [0.3, 0.4) is 0 Å². The third-order valence-corrected chi connectivity index (χ3v) is 4.31. The predicted molar refractivity (Wildman–Crippen MR) is 56.3 cm³/mol. The Hall–Kier alpha value is -0.950. The maximum absolute atomic E-state index is 11.5. The summed E-state index contributed by atoms with van der Waals surface area (Å²) in [6.45, 7) is 5.97. The number of nitrogens with one attached hydrogen (secondary N) is 1. The highest BCUT2D eigenvalue weighted by Crippen LogP contribution is 2.20. The number of nitrogens with zero attached hydrogens (tertiary/aromatic N) is 2. The van der Waals surface area contributed by atoms with E-state index in [1.54, 1.807) is 0 Å². The minimum atomic E-state index is -3.32. The second kappa shape index (κ2) is 4.52. The lowest BCUT2D eigenvalue weighted by atomic mass is 10.8. The molecule has 0 radical (unpaired) electrons. The minimum absolute atomic E-state index is 0.0355. The van der Waals surface area contributed by atoms with Gasteiger partial charge in [0.25, 0.3) is 0 Å². The van der Waals surface area contributed by atoms with E-state index in [0.717, 1.165) is 11.3 Å². The summed E-state index contributed by atoms with van der Waals surface area (Å²) < 4.78 is 23.0. The Balaban J connectivity index is 2.91. The average Bonchev–Trinajstić information content (AvgIpc) is 2.54. The van der Waals surface area contributed by atoms with E-state index in [2.05, 4.69) is 22.1 Å². The van der Waals surface area contributed by atoms with Crippen molar-refractivity contribution in [1.29, 1.82) is 0 Å². The number of anilines is 1. The molecule has 0 fully saturated rings. The fraction of sp³-hybridized carbons (Fsp3) is 0.429. The van der Waals surface area contributed by atoms with Crippen molar-refractivity contribution in [2.75, 3.05) is 17.6 Å². The van der Waals surface area contributed by atoms with E-state index in [1.807, 2.05) is 6.92 Å². The standard InChI is InChI=1S/C7H11N3O2S2/c1-3-5-14(11,12)7-10-9-6(13-7)8-4-2/h3H,1,4-5H2,2H3,(H,8,9). The van der Waals surface area contributed by atoms with Crippen LogP contribution in [-0.4, -0.2) is 30.9 Å². The zero-order valence-electron chi connectivity index (χ0n) is 7.73. The van der Waals surface area contributed by atoms with Gasteiger partial charge in [-0.05, 0) is 6.92 Å². The van der Waals surface area contributed by atoms with Crippen molar-refractivity contribution in [3.05, 3.63) is 12.7 Å². The summed E-state index contributed by atoms with van der Waals surface area (Å²) in [7, 11) is -3.32. The number of hydrogen-bond acceptors (Lipinski definition) is 6. The van der Waals surface area contributed by atoms with Crippen molar-refractivity contribution >= 4 is 26.3 Å². The monoisotopic (exact) mass is 233 g/mol. The number of rotatable bonds is 5. The van der Waals surface area contributed by atoms with E-state index in [4.69, 9.17) is 0 Å². The molecule has 0 aliphatic carbocycles. The first-order chi connectivity index (χ1) is 6.60. The molecule has 0 saturated heterocycles. The number of aromatic nitrogens is 2. The van der Waals surface area contributed by atoms with Gasteiger partial charge in [0.2, 0.25) is 19.3 Å². The van der Waals surface area contributed by atoms with E-state index in [1.165, 1.54) is 6.08 Å². The van der Waals surface area contributed by atoms with Crippen molar-refractivity contribution in [2.45, 2.75) is 11.3 Å². The zero-order valence-corrected chi connectivity index (χ0v) is 9.36. The second-order valence-electron chi connectivity index (χ2n) is 2.47. The molecule has 1 heterocycles. The second-order valence-corrected chi connectivity index (χ2v) is 5.66. The molecule has 14 heavy (non-hydrogen) atoms. The topological polar surface area (TPSA) is 72.0 Å². The molecular weight excluding hydrogens is 222 g/mol. The molecule has 0 saturated carbocycles. The van der Waals surface area contributed by atoms with Gasteiger partial charge >= 0.3 is 0 Å². The van der Waals surface area contributed by atoms with Crippen LogP contribution in [0.4, 0.5) is 5.13 Å². The SMILES string of the molecule is C=CCS(=O)(=O)c1nnc(NCC)s1. The summed E-state index contributed by atoms with van der Waals surface area (Å²) in [5.41, 5.74) is 0. The molecule has 1 aromatic rings. The van der Waals surface area contributed by atoms with E-state index in [-0.39, 0.29) is 10.1 Å². The fourth-order valence-electron chi connectivity index (χ4n) is 0.785. The quantitative estimate of drug-likeness (QED) is 0.766. The average molecular weight is 233 g/mol. The van der Waals surface area contributed by atoms with Crippen LogP contribution in [0.25, 0.3) is 0 Å². The Labute approximate surface area is 86.8 Å². The Morgan fingerprint density at radius 1 is 1.57 bits per heavy atom. The molecule has 1 rings (SSSR count). The highest BCUT2D eigenvalue weighted by atomic mass is 32.2. The van der Waals surface area contributed by atoms with Crippen molar-refractivity contribution in [3.63, 3.8) is 0 Å². The molecule has 78 valence electrons. The molecule has 0 aliphatic rings. The van der Waals surface area contributed by atoms with Crippen LogP contribution in [0.5, 0.6) is 0 Å². The summed E-state index contributed by atoms with van der Waals surface area (Å²) >= 11 is 1.04. The van der Waals surface area contributed by atoms with Gasteiger partial charge < -0.3 is 5.32 Å². The van der Waals surface area contributed by atoms with Gasteiger partial charge in [-0.3, -0.25) is 0 Å². The smallest absolute Gasteiger partial charge is 0.234 e. The molecule has 7 heteroatoms. The van der Waals surface area contributed by atoms with E-state index >= 15 is 0 Å². The van der Waals surface area contributed by atoms with Crippen molar-refractivity contribution in [3.8, 4) is 0 Å². The van der Waals surface area contributed by atoms with E-state index in [0.29, 0.717) is 11.7 Å². The highest BCUT2D eigenvalue weighted by Gasteiger charge is 2.18. The van der Waals surface area contributed by atoms with Crippen LogP contribution in [0.2, 0.25) is 0 Å². The van der Waals surface area contributed by atoms with Gasteiger partial charge in [-0.25, -0.2) is 8.42 Å². The minimum Gasteiger partial charge on any atom is -0.360 e. The van der Waals surface area contributed by atoms with Crippen LogP contribution >= 0.6 is 11.3 Å². The first-order valence-electron chi connectivity index (χ1n) is 4.01. The third kappa shape index (κ3) is 2.52. The van der Waals surface area contributed by atoms with Crippen molar-refractivity contribution < 1.29 is 8.42 Å². The van der Waals surface area contributed by atoms with Gasteiger partial charge in [0.05, 0.1) is 5.75 Å². The van der Waals surface area contributed by atoms with Gasteiger partial charge in [-0.2, -0.15) is 0 Å². The first-order valence-corrected chi connectivity index (χ1v) is 6.48. The third-order valence-electron chi connectivity index (χ3n) is 1.34. The maximum atomic E-state index is 11.5. The van der Waals surface area contributed by atoms with E-state index in [9.17, 15) is 8.42 Å². The summed E-state index contributed by atoms with van der Waals surface area (Å²) in [5, 5.41) is 10.7. The van der Waals surface area contributed by atoms with Gasteiger partial charge in [0.1, 0.15) is 0 Å². The molecule has 1 N–H and O–H groups in total. The summed E-state index contributed by atoms with van der Waals surface area (Å²) in [4.78, 5) is 0. The molecule has 0 aliphatic heterocycles. The lowest BCUT2D eigenvalue weighted by molar-refractivity contribution is 0.597. The lowest BCUT2D eigenvalue weighted by Gasteiger charge is -1.93. The zero-order chi connectivity index (χ0) is 10.6. The fourth-order valence-corrected chi connectivity index (χ4v) is 2.90. The summed E-state index contributed by atoms with van der Waals surface area (Å²) in [6.07, 6.45) is 1.34. The molecule has 0 atom stereocenters. The van der Waals surface area contributed by atoms with Gasteiger partial charge in [-0.15, -0.1) is 16.8 Å². The molecule has 0 aromatic carbocycles. The highest BCUT2D eigenvalue weighted by molar-refractivity contribution is 7.93. The molecule has 0 spiro atoms. The normalized spacial score (nSPS) is 11.2. The molecule has 0 bridgehead atoms. The molecule has 0 amide bonds. The largest absolute Gasteiger partial charge is 0.360 e. The Morgan fingerprint density at radius 2 is 2.29 bits per heavy atom.